The highest BCUT2D eigenvalue weighted by Gasteiger charge is 2.27. The van der Waals surface area contributed by atoms with Crippen LogP contribution in [-0.4, -0.2) is 12.5 Å². The third-order valence-electron chi connectivity index (χ3n) is 3.44. The van der Waals surface area contributed by atoms with Crippen LogP contribution in [0.5, 0.6) is 0 Å². The van der Waals surface area contributed by atoms with Gasteiger partial charge in [0.15, 0.2) is 0 Å². The number of anilines is 2. The summed E-state index contributed by atoms with van der Waals surface area (Å²) in [5.74, 6) is -0.866. The quantitative estimate of drug-likeness (QED) is 0.819. The van der Waals surface area contributed by atoms with E-state index >= 15 is 0 Å². The Morgan fingerprint density at radius 2 is 2.10 bits per heavy atom. The summed E-state index contributed by atoms with van der Waals surface area (Å²) in [7, 11) is 0. The molecular weight excluding hydrogens is 279 g/mol. The summed E-state index contributed by atoms with van der Waals surface area (Å²) < 4.78 is 13.5. The SMILES string of the molecule is Nc1cccc2c1N(C(=O)c1ccc(Cl)c(F)c1)CC2. The van der Waals surface area contributed by atoms with E-state index in [2.05, 4.69) is 0 Å². The van der Waals surface area contributed by atoms with Gasteiger partial charge >= 0.3 is 0 Å². The lowest BCUT2D eigenvalue weighted by atomic mass is 10.1. The van der Waals surface area contributed by atoms with Gasteiger partial charge in [-0.2, -0.15) is 0 Å². The minimum absolute atomic E-state index is 0.00267. The van der Waals surface area contributed by atoms with E-state index in [1.165, 1.54) is 12.1 Å². The maximum absolute atomic E-state index is 13.5. The van der Waals surface area contributed by atoms with Gasteiger partial charge in [0.2, 0.25) is 0 Å². The third-order valence-corrected chi connectivity index (χ3v) is 3.74. The molecule has 20 heavy (non-hydrogen) atoms. The number of carbonyl (C=O) groups is 1. The molecule has 0 unspecified atom stereocenters. The van der Waals surface area contributed by atoms with Gasteiger partial charge in [-0.25, -0.2) is 4.39 Å². The van der Waals surface area contributed by atoms with E-state index in [1.807, 2.05) is 12.1 Å². The lowest BCUT2D eigenvalue weighted by Crippen LogP contribution is -2.29. The number of rotatable bonds is 1. The summed E-state index contributed by atoms with van der Waals surface area (Å²) in [6.45, 7) is 0.548. The maximum Gasteiger partial charge on any atom is 0.258 e. The summed E-state index contributed by atoms with van der Waals surface area (Å²) in [6.07, 6.45) is 0.752. The molecule has 2 aromatic carbocycles. The van der Waals surface area contributed by atoms with Crippen molar-refractivity contribution in [3.63, 3.8) is 0 Å². The van der Waals surface area contributed by atoms with Crippen molar-refractivity contribution < 1.29 is 9.18 Å². The Morgan fingerprint density at radius 3 is 2.85 bits per heavy atom. The van der Waals surface area contributed by atoms with Crippen LogP contribution >= 0.6 is 11.6 Å². The topological polar surface area (TPSA) is 46.3 Å². The average molecular weight is 291 g/mol. The lowest BCUT2D eigenvalue weighted by molar-refractivity contribution is 0.0989. The van der Waals surface area contributed by atoms with Crippen LogP contribution in [0.3, 0.4) is 0 Å². The molecule has 0 aromatic heterocycles. The number of amides is 1. The van der Waals surface area contributed by atoms with Crippen LogP contribution in [0.15, 0.2) is 36.4 Å². The van der Waals surface area contributed by atoms with Crippen LogP contribution in [0.25, 0.3) is 0 Å². The van der Waals surface area contributed by atoms with Crippen molar-refractivity contribution in [3.05, 3.63) is 58.4 Å². The standard InChI is InChI=1S/C15H12ClFN2O/c16-11-5-4-10(8-12(11)17)15(20)19-7-6-9-2-1-3-13(18)14(9)19/h1-5,8H,6-7,18H2. The zero-order valence-electron chi connectivity index (χ0n) is 10.6. The van der Waals surface area contributed by atoms with Crippen molar-refractivity contribution >= 4 is 28.9 Å². The molecule has 0 saturated carbocycles. The van der Waals surface area contributed by atoms with Crippen molar-refractivity contribution in [2.75, 3.05) is 17.2 Å². The van der Waals surface area contributed by atoms with Gasteiger partial charge < -0.3 is 10.6 Å². The predicted octanol–water partition coefficient (Wildman–Crippen LogP) is 3.26. The summed E-state index contributed by atoms with van der Waals surface area (Å²) in [6, 6.07) is 9.63. The van der Waals surface area contributed by atoms with E-state index < -0.39 is 5.82 Å². The first kappa shape index (κ1) is 12.9. The highest BCUT2D eigenvalue weighted by molar-refractivity contribution is 6.30. The normalized spacial score (nSPS) is 13.4. The summed E-state index contributed by atoms with van der Waals surface area (Å²) >= 11 is 5.63. The van der Waals surface area contributed by atoms with Crippen LogP contribution in [0.4, 0.5) is 15.8 Å². The number of halogens is 2. The summed E-state index contributed by atoms with van der Waals surface area (Å²) in [5.41, 5.74) is 8.53. The molecule has 1 amide bonds. The van der Waals surface area contributed by atoms with Crippen molar-refractivity contribution in [3.8, 4) is 0 Å². The molecule has 2 N–H and O–H groups in total. The van der Waals surface area contributed by atoms with Crippen molar-refractivity contribution in [1.29, 1.82) is 0 Å². The van der Waals surface area contributed by atoms with Gasteiger partial charge in [-0.05, 0) is 36.2 Å². The van der Waals surface area contributed by atoms with Gasteiger partial charge in [-0.15, -0.1) is 0 Å². The largest absolute Gasteiger partial charge is 0.397 e. The number of para-hydroxylation sites is 1. The van der Waals surface area contributed by atoms with Gasteiger partial charge in [0.1, 0.15) is 5.82 Å². The first-order valence-corrected chi connectivity index (χ1v) is 6.60. The minimum Gasteiger partial charge on any atom is -0.397 e. The van der Waals surface area contributed by atoms with Gasteiger partial charge in [0.05, 0.1) is 16.4 Å². The molecule has 102 valence electrons. The molecule has 0 saturated heterocycles. The van der Waals surface area contributed by atoms with E-state index in [0.717, 1.165) is 23.7 Å². The smallest absolute Gasteiger partial charge is 0.258 e. The molecule has 1 aliphatic heterocycles. The first-order valence-electron chi connectivity index (χ1n) is 6.22. The predicted molar refractivity (Wildman–Crippen MR) is 77.6 cm³/mol. The first-order chi connectivity index (χ1) is 9.58. The fraction of sp³-hybridized carbons (Fsp3) is 0.133. The molecule has 0 atom stereocenters. The van der Waals surface area contributed by atoms with Gasteiger partial charge in [-0.3, -0.25) is 4.79 Å². The Labute approximate surface area is 120 Å². The minimum atomic E-state index is -0.599. The van der Waals surface area contributed by atoms with Crippen LogP contribution in [-0.2, 0) is 6.42 Å². The number of hydrogen-bond donors (Lipinski definition) is 1. The average Bonchev–Trinajstić information content (AvgIpc) is 2.86. The number of carbonyl (C=O) groups excluding carboxylic acids is 1. The zero-order valence-corrected chi connectivity index (χ0v) is 11.3. The summed E-state index contributed by atoms with van der Waals surface area (Å²) in [5, 5.41) is 0.00267. The molecule has 3 nitrogen and oxygen atoms in total. The number of benzene rings is 2. The Bertz CT molecular complexity index is 702. The van der Waals surface area contributed by atoms with Crippen LogP contribution in [0.1, 0.15) is 15.9 Å². The zero-order chi connectivity index (χ0) is 14.3. The molecule has 0 spiro atoms. The van der Waals surface area contributed by atoms with Crippen molar-refractivity contribution in [2.24, 2.45) is 0 Å². The number of nitrogens with zero attached hydrogens (tertiary/aromatic N) is 1. The van der Waals surface area contributed by atoms with E-state index in [1.54, 1.807) is 11.0 Å². The number of nitrogens with two attached hydrogens (primary N) is 1. The molecular formula is C15H12ClFN2O. The van der Waals surface area contributed by atoms with Crippen molar-refractivity contribution in [2.45, 2.75) is 6.42 Å². The van der Waals surface area contributed by atoms with Gasteiger partial charge in [0, 0.05) is 12.1 Å². The lowest BCUT2D eigenvalue weighted by Gasteiger charge is -2.19. The molecule has 2 aromatic rings. The number of fused-ring (bicyclic) bond motifs is 1. The van der Waals surface area contributed by atoms with Crippen LogP contribution < -0.4 is 10.6 Å². The van der Waals surface area contributed by atoms with E-state index in [9.17, 15) is 9.18 Å². The summed E-state index contributed by atoms with van der Waals surface area (Å²) in [4.78, 5) is 14.1. The third kappa shape index (κ3) is 2.02. The highest BCUT2D eigenvalue weighted by atomic mass is 35.5. The van der Waals surface area contributed by atoms with E-state index in [4.69, 9.17) is 17.3 Å². The Kier molecular flexibility index (Phi) is 3.10. The number of nitrogen functional groups attached to an aromatic ring is 1. The molecule has 1 aliphatic rings. The second-order valence-corrected chi connectivity index (χ2v) is 5.10. The molecule has 0 aliphatic carbocycles. The van der Waals surface area contributed by atoms with E-state index in [0.29, 0.717) is 12.2 Å². The number of hydrogen-bond acceptors (Lipinski definition) is 2. The Balaban J connectivity index is 1.99. The second kappa shape index (κ2) is 4.80. The molecule has 3 rings (SSSR count). The van der Waals surface area contributed by atoms with Gasteiger partial charge in [-0.1, -0.05) is 23.7 Å². The second-order valence-electron chi connectivity index (χ2n) is 4.69. The molecule has 0 fully saturated rings. The molecule has 1 heterocycles. The van der Waals surface area contributed by atoms with Crippen molar-refractivity contribution in [1.82, 2.24) is 0 Å². The maximum atomic E-state index is 13.5. The fourth-order valence-corrected chi connectivity index (χ4v) is 2.59. The fourth-order valence-electron chi connectivity index (χ4n) is 2.47. The van der Waals surface area contributed by atoms with Crippen LogP contribution in [0, 0.1) is 5.82 Å². The van der Waals surface area contributed by atoms with E-state index in [-0.39, 0.29) is 16.5 Å². The molecule has 5 heteroatoms. The van der Waals surface area contributed by atoms with Gasteiger partial charge in [0.25, 0.3) is 5.91 Å². The highest BCUT2D eigenvalue weighted by Crippen LogP contribution is 2.34. The molecule has 0 radical (unpaired) electrons. The Morgan fingerprint density at radius 1 is 1.30 bits per heavy atom. The monoisotopic (exact) mass is 290 g/mol. The van der Waals surface area contributed by atoms with Crippen LogP contribution in [0.2, 0.25) is 5.02 Å². The molecule has 0 bridgehead atoms. The Hall–Kier alpha value is -2.07.